The summed E-state index contributed by atoms with van der Waals surface area (Å²) >= 11 is 0. The van der Waals surface area contributed by atoms with Crippen molar-refractivity contribution in [3.63, 3.8) is 0 Å². The van der Waals surface area contributed by atoms with Crippen molar-refractivity contribution in [1.29, 1.82) is 0 Å². The molecular weight excluding hydrogens is 130 g/mol. The van der Waals surface area contributed by atoms with Gasteiger partial charge >= 0.3 is 5.97 Å². The van der Waals surface area contributed by atoms with Crippen LogP contribution in [0.3, 0.4) is 0 Å². The van der Waals surface area contributed by atoms with Crippen molar-refractivity contribution < 1.29 is 9.90 Å². The fourth-order valence-electron chi connectivity index (χ4n) is 2.09. The van der Waals surface area contributed by atoms with E-state index < -0.39 is 11.5 Å². The predicted molar refractivity (Wildman–Crippen MR) is 35.7 cm³/mol. The van der Waals surface area contributed by atoms with Crippen LogP contribution in [0.2, 0.25) is 0 Å². The first-order chi connectivity index (χ1) is 4.73. The smallest absolute Gasteiger partial charge is 0.323 e. The molecule has 0 aromatic rings. The van der Waals surface area contributed by atoms with Crippen molar-refractivity contribution in [3.05, 3.63) is 0 Å². The number of carboxylic acid groups (broad SMARTS) is 1. The lowest BCUT2D eigenvalue weighted by Gasteiger charge is -2.21. The first-order valence-corrected chi connectivity index (χ1v) is 3.71. The zero-order chi connectivity index (χ0) is 7.19. The van der Waals surface area contributed by atoms with E-state index in [-0.39, 0.29) is 0 Å². The van der Waals surface area contributed by atoms with Crippen LogP contribution in [0.25, 0.3) is 0 Å². The largest absolute Gasteiger partial charge is 0.480 e. The highest BCUT2D eigenvalue weighted by atomic mass is 16.4. The first-order valence-electron chi connectivity index (χ1n) is 3.71. The molecule has 2 N–H and O–H groups in total. The Morgan fingerprint density at radius 2 is 2.50 bits per heavy atom. The first kappa shape index (κ1) is 6.16. The van der Waals surface area contributed by atoms with Crippen LogP contribution in [0, 0.1) is 5.92 Å². The standard InChI is InChI=1S/C7H11NO2/c9-6(10)7-2-1-5(3-7)4-8-7/h5,8H,1-4H2,(H,9,10)/t5?,7-/m0/s1. The maximum Gasteiger partial charge on any atom is 0.323 e. The highest BCUT2D eigenvalue weighted by Gasteiger charge is 2.50. The van der Waals surface area contributed by atoms with E-state index in [2.05, 4.69) is 5.32 Å². The molecule has 1 aliphatic heterocycles. The van der Waals surface area contributed by atoms with Crippen molar-refractivity contribution in [1.82, 2.24) is 5.32 Å². The molecule has 2 aliphatic rings. The van der Waals surface area contributed by atoms with Crippen molar-refractivity contribution in [2.75, 3.05) is 6.54 Å². The number of rotatable bonds is 1. The minimum Gasteiger partial charge on any atom is -0.480 e. The zero-order valence-electron chi connectivity index (χ0n) is 5.76. The molecule has 1 saturated carbocycles. The van der Waals surface area contributed by atoms with Gasteiger partial charge in [0.25, 0.3) is 0 Å². The Bertz CT molecular complexity index is 170. The van der Waals surface area contributed by atoms with Gasteiger partial charge in [-0.25, -0.2) is 0 Å². The van der Waals surface area contributed by atoms with E-state index in [1.165, 1.54) is 0 Å². The van der Waals surface area contributed by atoms with Gasteiger partial charge in [-0.15, -0.1) is 0 Å². The number of hydrogen-bond acceptors (Lipinski definition) is 2. The topological polar surface area (TPSA) is 49.3 Å². The Balaban J connectivity index is 2.23. The van der Waals surface area contributed by atoms with Gasteiger partial charge < -0.3 is 10.4 Å². The average Bonchev–Trinajstić information content (AvgIpc) is 2.45. The van der Waals surface area contributed by atoms with Crippen molar-refractivity contribution in [2.24, 2.45) is 5.92 Å². The summed E-state index contributed by atoms with van der Waals surface area (Å²) in [4.78, 5) is 10.7. The third-order valence-electron chi connectivity index (χ3n) is 2.76. The molecule has 0 spiro atoms. The molecule has 3 nitrogen and oxygen atoms in total. The number of piperidine rings is 1. The highest BCUT2D eigenvalue weighted by Crippen LogP contribution is 2.39. The van der Waals surface area contributed by atoms with Crippen molar-refractivity contribution >= 4 is 5.97 Å². The van der Waals surface area contributed by atoms with E-state index >= 15 is 0 Å². The molecule has 1 saturated heterocycles. The Hall–Kier alpha value is -0.570. The van der Waals surface area contributed by atoms with Crippen LogP contribution in [0.1, 0.15) is 19.3 Å². The highest BCUT2D eigenvalue weighted by molar-refractivity contribution is 5.79. The van der Waals surface area contributed by atoms with Crippen LogP contribution in [-0.4, -0.2) is 23.2 Å². The lowest BCUT2D eigenvalue weighted by molar-refractivity contribution is -0.144. The van der Waals surface area contributed by atoms with Gasteiger partial charge in [-0.2, -0.15) is 0 Å². The van der Waals surface area contributed by atoms with Gasteiger partial charge in [0.15, 0.2) is 0 Å². The summed E-state index contributed by atoms with van der Waals surface area (Å²) in [6.45, 7) is 0.909. The summed E-state index contributed by atoms with van der Waals surface area (Å²) in [6.07, 6.45) is 2.77. The number of hydrogen-bond donors (Lipinski definition) is 2. The Morgan fingerprint density at radius 1 is 1.70 bits per heavy atom. The summed E-state index contributed by atoms with van der Waals surface area (Å²) in [5.74, 6) is -0.0244. The van der Waals surface area contributed by atoms with Gasteiger partial charge in [0.05, 0.1) is 0 Å². The molecule has 0 aromatic heterocycles. The van der Waals surface area contributed by atoms with Gasteiger partial charge in [0.2, 0.25) is 0 Å². The van der Waals surface area contributed by atoms with Crippen LogP contribution < -0.4 is 5.32 Å². The second kappa shape index (κ2) is 1.72. The molecule has 0 amide bonds. The molecule has 1 aliphatic carbocycles. The maximum atomic E-state index is 10.7. The SMILES string of the molecule is O=C(O)[C@@]12CCC(CN1)C2. The van der Waals surface area contributed by atoms with Crippen LogP contribution in [0.4, 0.5) is 0 Å². The van der Waals surface area contributed by atoms with Crippen LogP contribution >= 0.6 is 0 Å². The Labute approximate surface area is 59.4 Å². The molecule has 2 atom stereocenters. The molecule has 10 heavy (non-hydrogen) atoms. The van der Waals surface area contributed by atoms with Gasteiger partial charge in [0, 0.05) is 0 Å². The van der Waals surface area contributed by atoms with E-state index in [1.807, 2.05) is 0 Å². The van der Waals surface area contributed by atoms with Crippen molar-refractivity contribution in [2.45, 2.75) is 24.8 Å². The Kier molecular flexibility index (Phi) is 1.06. The summed E-state index contributed by atoms with van der Waals surface area (Å²) in [7, 11) is 0. The second-order valence-electron chi connectivity index (χ2n) is 3.38. The molecule has 56 valence electrons. The monoisotopic (exact) mass is 141 g/mol. The van der Waals surface area contributed by atoms with E-state index in [1.54, 1.807) is 0 Å². The van der Waals surface area contributed by atoms with Crippen LogP contribution in [0.5, 0.6) is 0 Å². The second-order valence-corrected chi connectivity index (χ2v) is 3.38. The van der Waals surface area contributed by atoms with E-state index in [9.17, 15) is 4.79 Å². The summed E-state index contributed by atoms with van der Waals surface area (Å²) in [6, 6.07) is 0. The van der Waals surface area contributed by atoms with E-state index in [4.69, 9.17) is 5.11 Å². The summed E-state index contributed by atoms with van der Waals surface area (Å²) in [5, 5.41) is 11.9. The molecule has 1 unspecified atom stereocenters. The lowest BCUT2D eigenvalue weighted by Crippen LogP contribution is -2.47. The molecule has 0 radical (unpaired) electrons. The average molecular weight is 141 g/mol. The van der Waals surface area contributed by atoms with Crippen LogP contribution in [-0.2, 0) is 4.79 Å². The van der Waals surface area contributed by atoms with Gasteiger partial charge in [-0.1, -0.05) is 0 Å². The van der Waals surface area contributed by atoms with Gasteiger partial charge in [-0.05, 0) is 31.7 Å². The molecule has 1 heterocycles. The lowest BCUT2D eigenvalue weighted by atomic mass is 10.0. The van der Waals surface area contributed by atoms with Crippen molar-refractivity contribution in [3.8, 4) is 0 Å². The quantitative estimate of drug-likeness (QED) is 0.549. The summed E-state index contributed by atoms with van der Waals surface area (Å²) < 4.78 is 0. The molecule has 3 heteroatoms. The Morgan fingerprint density at radius 3 is 2.70 bits per heavy atom. The summed E-state index contributed by atoms with van der Waals surface area (Å²) in [5.41, 5.74) is -0.523. The fourth-order valence-corrected chi connectivity index (χ4v) is 2.09. The number of nitrogens with one attached hydrogen (secondary N) is 1. The third-order valence-corrected chi connectivity index (χ3v) is 2.76. The van der Waals surface area contributed by atoms with Gasteiger partial charge in [0.1, 0.15) is 5.54 Å². The molecule has 2 rings (SSSR count). The number of aliphatic carboxylic acids is 1. The minimum atomic E-state index is -0.660. The molecule has 0 aromatic carbocycles. The molecule has 2 fully saturated rings. The normalized spacial score (nSPS) is 44.2. The third kappa shape index (κ3) is 0.611. The maximum absolute atomic E-state index is 10.7. The van der Waals surface area contributed by atoms with E-state index in [0.717, 1.165) is 25.8 Å². The van der Waals surface area contributed by atoms with Gasteiger partial charge in [-0.3, -0.25) is 4.79 Å². The number of fused-ring (bicyclic) bond motifs is 2. The minimum absolute atomic E-state index is 0.523. The fraction of sp³-hybridized carbons (Fsp3) is 0.857. The molecular formula is C7H11NO2. The zero-order valence-corrected chi connectivity index (χ0v) is 5.76. The molecule has 2 bridgehead atoms. The van der Waals surface area contributed by atoms with Crippen LogP contribution in [0.15, 0.2) is 0 Å². The number of carbonyl (C=O) groups is 1. The van der Waals surface area contributed by atoms with E-state index in [0.29, 0.717) is 5.92 Å². The number of carboxylic acids is 1. The predicted octanol–water partition coefficient (Wildman–Crippen LogP) is 0.213.